The van der Waals surface area contributed by atoms with Crippen LogP contribution >= 0.6 is 0 Å². The average molecular weight is 599 g/mol. The summed E-state index contributed by atoms with van der Waals surface area (Å²) in [7, 11) is -2.02. The molecule has 3 rings (SSSR count). The van der Waals surface area contributed by atoms with E-state index in [-0.39, 0.29) is 36.0 Å². The molecule has 1 aliphatic carbocycles. The van der Waals surface area contributed by atoms with Gasteiger partial charge in [-0.1, -0.05) is 0 Å². The fraction of sp³-hybridized carbons (Fsp3) is 0.600. The lowest BCUT2D eigenvalue weighted by Gasteiger charge is -2.27. The Kier molecular flexibility index (Phi) is 9.36. The van der Waals surface area contributed by atoms with Gasteiger partial charge < -0.3 is 15.4 Å². The highest BCUT2D eigenvalue weighted by atomic mass is 32.2. The molecule has 1 amide bonds. The largest absolute Gasteiger partial charge is 0.496 e. The molecule has 0 radical (unpaired) electrons. The van der Waals surface area contributed by atoms with Crippen LogP contribution in [0.2, 0.25) is 0 Å². The van der Waals surface area contributed by atoms with Gasteiger partial charge >= 0.3 is 12.4 Å². The zero-order valence-corrected chi connectivity index (χ0v) is 23.2. The van der Waals surface area contributed by atoms with Crippen LogP contribution in [0.1, 0.15) is 55.6 Å². The highest BCUT2D eigenvalue weighted by Gasteiger charge is 2.43. The summed E-state index contributed by atoms with van der Waals surface area (Å²) in [6, 6.07) is 1.61. The van der Waals surface area contributed by atoms with Crippen LogP contribution in [0, 0.1) is 5.92 Å². The van der Waals surface area contributed by atoms with Crippen LogP contribution in [-0.4, -0.2) is 61.5 Å². The van der Waals surface area contributed by atoms with Gasteiger partial charge in [-0.15, -0.1) is 0 Å². The van der Waals surface area contributed by atoms with Crippen LogP contribution in [0.15, 0.2) is 18.2 Å². The average Bonchev–Trinajstić information content (AvgIpc) is 3.26. The van der Waals surface area contributed by atoms with Gasteiger partial charge in [0.05, 0.1) is 18.1 Å². The van der Waals surface area contributed by atoms with Gasteiger partial charge in [0.1, 0.15) is 27.2 Å². The van der Waals surface area contributed by atoms with Crippen molar-refractivity contribution >= 4 is 21.4 Å². The predicted molar refractivity (Wildman–Crippen MR) is 137 cm³/mol. The summed E-state index contributed by atoms with van der Waals surface area (Å²) in [6.07, 6.45) is -6.56. The molecule has 0 bridgehead atoms. The summed E-state index contributed by atoms with van der Waals surface area (Å²) in [6.45, 7) is 2.44. The second kappa shape index (κ2) is 11.9. The maximum Gasteiger partial charge on any atom is 0.420 e. The molecule has 40 heavy (non-hydrogen) atoms. The molecule has 0 spiro atoms. The Morgan fingerprint density at radius 3 is 2.27 bits per heavy atom. The van der Waals surface area contributed by atoms with Crippen LogP contribution in [-0.2, 0) is 22.6 Å². The molecule has 2 aromatic rings. The third-order valence-corrected chi connectivity index (χ3v) is 8.71. The van der Waals surface area contributed by atoms with Gasteiger partial charge in [-0.05, 0) is 57.6 Å². The first-order valence-corrected chi connectivity index (χ1v) is 14.6. The van der Waals surface area contributed by atoms with E-state index in [1.807, 2.05) is 0 Å². The molecule has 0 saturated heterocycles. The van der Waals surface area contributed by atoms with E-state index >= 15 is 0 Å². The summed E-state index contributed by atoms with van der Waals surface area (Å²) in [5, 5.41) is 8.23. The molecule has 2 N–H and O–H groups in total. The number of anilines is 1. The summed E-state index contributed by atoms with van der Waals surface area (Å²) >= 11 is 0. The third-order valence-electron chi connectivity index (χ3n) is 7.03. The van der Waals surface area contributed by atoms with Crippen LogP contribution in [0.4, 0.5) is 32.0 Å². The number of carbonyl (C=O) groups excluding carboxylic acids is 1. The highest BCUT2D eigenvalue weighted by molar-refractivity contribution is 7.91. The van der Waals surface area contributed by atoms with Crippen molar-refractivity contribution in [1.29, 1.82) is 0 Å². The van der Waals surface area contributed by atoms with Gasteiger partial charge in [0.15, 0.2) is 5.69 Å². The zero-order chi connectivity index (χ0) is 30.0. The van der Waals surface area contributed by atoms with E-state index in [9.17, 15) is 39.6 Å². The van der Waals surface area contributed by atoms with E-state index in [1.54, 1.807) is 0 Å². The third kappa shape index (κ3) is 7.21. The van der Waals surface area contributed by atoms with Crippen molar-refractivity contribution in [3.05, 3.63) is 29.5 Å². The summed E-state index contributed by atoms with van der Waals surface area (Å²) in [5.41, 5.74) is -2.72. The zero-order valence-electron chi connectivity index (χ0n) is 22.4. The molecule has 1 atom stereocenters. The molecule has 1 heterocycles. The number of halogens is 6. The lowest BCUT2D eigenvalue weighted by atomic mass is 9.89. The molecule has 0 aliphatic heterocycles. The van der Waals surface area contributed by atoms with Crippen LogP contribution in [0.25, 0.3) is 11.3 Å². The second-order valence-corrected chi connectivity index (χ2v) is 12.2. The number of carbonyl (C=O) groups is 1. The minimum atomic E-state index is -5.00. The number of sulfone groups is 1. The van der Waals surface area contributed by atoms with Gasteiger partial charge in [0.2, 0.25) is 0 Å². The Labute approximate surface area is 228 Å². The Morgan fingerprint density at radius 1 is 1.15 bits per heavy atom. The standard InChI is InChI=1S/C25H32F6N4O4S/c1-5-35-22(18-11-8-16(12-19(18)39-3)33-14(2)24(26,27)28)20(25(29,30)31)21(34-35)23(36)32-13-15-6-9-17(10-7-15)40(4,37)38/h8,11-12,14-15,17,33H,5-7,9-10,13H2,1-4H3,(H,32,36). The van der Waals surface area contributed by atoms with E-state index < -0.39 is 56.3 Å². The van der Waals surface area contributed by atoms with Crippen molar-refractivity contribution in [2.24, 2.45) is 5.92 Å². The quantitative estimate of drug-likeness (QED) is 0.381. The molecule has 1 aromatic carbocycles. The number of hydrogen-bond acceptors (Lipinski definition) is 6. The number of ether oxygens (including phenoxy) is 1. The SMILES string of the molecule is CCn1nc(C(=O)NCC2CCC(S(C)(=O)=O)CC2)c(C(F)(F)F)c1-c1ccc(NC(C)C(F)(F)F)cc1OC. The van der Waals surface area contributed by atoms with Gasteiger partial charge in [-0.25, -0.2) is 8.42 Å². The number of nitrogens with zero attached hydrogens (tertiary/aromatic N) is 2. The number of benzene rings is 1. The van der Waals surface area contributed by atoms with Crippen molar-refractivity contribution in [2.45, 2.75) is 69.7 Å². The fourth-order valence-corrected chi connectivity index (χ4v) is 5.91. The first-order valence-electron chi connectivity index (χ1n) is 12.6. The van der Waals surface area contributed by atoms with Crippen molar-refractivity contribution in [3.8, 4) is 17.0 Å². The van der Waals surface area contributed by atoms with E-state index in [1.165, 1.54) is 32.4 Å². The van der Waals surface area contributed by atoms with E-state index in [0.717, 1.165) is 17.7 Å². The lowest BCUT2D eigenvalue weighted by Crippen LogP contribution is -2.34. The molecule has 1 saturated carbocycles. The Hall–Kier alpha value is -2.97. The molecular formula is C25H32F6N4O4S. The number of amides is 1. The summed E-state index contributed by atoms with van der Waals surface area (Å²) < 4.78 is 112. The fourth-order valence-electron chi connectivity index (χ4n) is 4.79. The lowest BCUT2D eigenvalue weighted by molar-refractivity contribution is -0.138. The number of alkyl halides is 6. The van der Waals surface area contributed by atoms with Crippen LogP contribution in [0.5, 0.6) is 5.75 Å². The summed E-state index contributed by atoms with van der Waals surface area (Å²) in [5.74, 6) is -1.28. The molecule has 15 heteroatoms. The Morgan fingerprint density at radius 2 is 1.77 bits per heavy atom. The molecule has 1 aliphatic rings. The normalized spacial score (nSPS) is 19.2. The van der Waals surface area contributed by atoms with Gasteiger partial charge in [-0.2, -0.15) is 31.4 Å². The van der Waals surface area contributed by atoms with Crippen molar-refractivity contribution in [2.75, 3.05) is 25.2 Å². The Balaban J connectivity index is 1.92. The number of aryl methyl sites for hydroxylation is 1. The van der Waals surface area contributed by atoms with E-state index in [2.05, 4.69) is 15.7 Å². The topological polar surface area (TPSA) is 102 Å². The van der Waals surface area contributed by atoms with Gasteiger partial charge in [0.25, 0.3) is 5.91 Å². The molecule has 224 valence electrons. The number of hydrogen-bond donors (Lipinski definition) is 2. The monoisotopic (exact) mass is 598 g/mol. The number of aromatic nitrogens is 2. The smallest absolute Gasteiger partial charge is 0.420 e. The molecule has 1 fully saturated rings. The number of rotatable bonds is 9. The predicted octanol–water partition coefficient (Wildman–Crippen LogP) is 5.29. The molecule has 8 nitrogen and oxygen atoms in total. The van der Waals surface area contributed by atoms with E-state index in [0.29, 0.717) is 25.7 Å². The number of methoxy groups -OCH3 is 1. The van der Waals surface area contributed by atoms with Crippen LogP contribution < -0.4 is 15.4 Å². The Bertz CT molecular complexity index is 1320. The number of nitrogens with one attached hydrogen (secondary N) is 2. The van der Waals surface area contributed by atoms with E-state index in [4.69, 9.17) is 4.74 Å². The first-order chi connectivity index (χ1) is 18.5. The highest BCUT2D eigenvalue weighted by Crippen LogP contribution is 2.43. The van der Waals surface area contributed by atoms with Crippen molar-refractivity contribution in [1.82, 2.24) is 15.1 Å². The molecule has 1 aromatic heterocycles. The van der Waals surface area contributed by atoms with Crippen LogP contribution in [0.3, 0.4) is 0 Å². The van der Waals surface area contributed by atoms with Crippen molar-refractivity contribution in [3.63, 3.8) is 0 Å². The maximum absolute atomic E-state index is 14.4. The van der Waals surface area contributed by atoms with Gasteiger partial charge in [0, 0.05) is 36.7 Å². The maximum atomic E-state index is 14.4. The first kappa shape index (κ1) is 31.6. The minimum Gasteiger partial charge on any atom is -0.496 e. The van der Waals surface area contributed by atoms with Crippen molar-refractivity contribution < 1.29 is 44.3 Å². The van der Waals surface area contributed by atoms with Gasteiger partial charge in [-0.3, -0.25) is 9.48 Å². The second-order valence-electron chi connectivity index (χ2n) is 9.89. The molecule has 1 unspecified atom stereocenters. The molecular weight excluding hydrogens is 566 g/mol. The summed E-state index contributed by atoms with van der Waals surface area (Å²) in [4.78, 5) is 13.0. The minimum absolute atomic E-state index is 0.0230.